The molecule has 162 valence electrons. The zero-order chi connectivity index (χ0) is 22.7. The number of pyridine rings is 1. The van der Waals surface area contributed by atoms with E-state index in [4.69, 9.17) is 0 Å². The molecule has 0 saturated carbocycles. The van der Waals surface area contributed by atoms with Crippen molar-refractivity contribution in [2.75, 3.05) is 11.1 Å². The van der Waals surface area contributed by atoms with Gasteiger partial charge in [0.1, 0.15) is 0 Å². The molecule has 0 aliphatic carbocycles. The predicted octanol–water partition coefficient (Wildman–Crippen LogP) is 4.50. The van der Waals surface area contributed by atoms with Gasteiger partial charge < -0.3 is 5.32 Å². The molecule has 0 saturated heterocycles. The van der Waals surface area contributed by atoms with Crippen molar-refractivity contribution in [1.29, 1.82) is 0 Å². The predicted molar refractivity (Wildman–Crippen MR) is 129 cm³/mol. The van der Waals surface area contributed by atoms with E-state index >= 15 is 0 Å². The second kappa shape index (κ2) is 9.36. The fraction of sp³-hybridized carbons (Fsp3) is 0.200. The molecule has 0 aliphatic heterocycles. The van der Waals surface area contributed by atoms with E-state index in [1.54, 1.807) is 22.9 Å². The Balaban J connectivity index is 1.61. The molecule has 0 unspecified atom stereocenters. The highest BCUT2D eigenvalue weighted by molar-refractivity contribution is 7.99. The summed E-state index contributed by atoms with van der Waals surface area (Å²) in [6.45, 7) is 6.37. The van der Waals surface area contributed by atoms with Crippen LogP contribution < -0.4 is 10.9 Å². The zero-order valence-electron chi connectivity index (χ0n) is 18.3. The van der Waals surface area contributed by atoms with Crippen LogP contribution in [0.3, 0.4) is 0 Å². The van der Waals surface area contributed by atoms with Crippen LogP contribution in [-0.4, -0.2) is 26.2 Å². The first-order valence-electron chi connectivity index (χ1n) is 10.3. The number of carbonyl (C=O) groups excluding carboxylic acids is 1. The number of carbonyl (C=O) groups is 1. The van der Waals surface area contributed by atoms with Crippen molar-refractivity contribution in [3.05, 3.63) is 93.4 Å². The maximum absolute atomic E-state index is 13.2. The second-order valence-corrected chi connectivity index (χ2v) is 8.74. The van der Waals surface area contributed by atoms with Gasteiger partial charge in [-0.15, -0.1) is 0 Å². The summed E-state index contributed by atoms with van der Waals surface area (Å²) < 4.78 is 1.61. The number of hydrogen-bond acceptors (Lipinski definition) is 5. The van der Waals surface area contributed by atoms with Gasteiger partial charge in [0.25, 0.3) is 5.56 Å². The van der Waals surface area contributed by atoms with E-state index in [2.05, 4.69) is 15.3 Å². The Kier molecular flexibility index (Phi) is 6.37. The summed E-state index contributed by atoms with van der Waals surface area (Å²) in [4.78, 5) is 34.6. The molecule has 1 N–H and O–H groups in total. The average molecular weight is 445 g/mol. The van der Waals surface area contributed by atoms with Crippen molar-refractivity contribution in [2.45, 2.75) is 32.5 Å². The molecule has 0 atom stereocenters. The molecule has 6 nitrogen and oxygen atoms in total. The normalized spacial score (nSPS) is 11.0. The van der Waals surface area contributed by atoms with Gasteiger partial charge in [0.2, 0.25) is 5.91 Å². The van der Waals surface area contributed by atoms with Crippen LogP contribution in [-0.2, 0) is 11.3 Å². The summed E-state index contributed by atoms with van der Waals surface area (Å²) in [6.07, 6.45) is 1.61. The lowest BCUT2D eigenvalue weighted by Gasteiger charge is -2.13. The van der Waals surface area contributed by atoms with Gasteiger partial charge in [-0.2, -0.15) is 0 Å². The third-order valence-electron chi connectivity index (χ3n) is 5.14. The summed E-state index contributed by atoms with van der Waals surface area (Å²) in [5, 5.41) is 3.88. The molecule has 2 aromatic carbocycles. The summed E-state index contributed by atoms with van der Waals surface area (Å²) >= 11 is 1.23. The Morgan fingerprint density at radius 2 is 1.78 bits per heavy atom. The van der Waals surface area contributed by atoms with Gasteiger partial charge in [0.15, 0.2) is 10.8 Å². The van der Waals surface area contributed by atoms with Gasteiger partial charge in [-0.3, -0.25) is 14.2 Å². The molecule has 0 bridgehead atoms. The van der Waals surface area contributed by atoms with Crippen LogP contribution in [0.15, 0.2) is 70.7 Å². The van der Waals surface area contributed by atoms with Crippen LogP contribution in [0.25, 0.3) is 11.0 Å². The number of thioether (sulfide) groups is 1. The van der Waals surface area contributed by atoms with Crippen molar-refractivity contribution in [3.63, 3.8) is 0 Å². The van der Waals surface area contributed by atoms with Crippen LogP contribution in [0.4, 0.5) is 5.69 Å². The van der Waals surface area contributed by atoms with Crippen LogP contribution in [0.5, 0.6) is 0 Å². The van der Waals surface area contributed by atoms with Gasteiger partial charge in [0.05, 0.1) is 17.7 Å². The Labute approximate surface area is 190 Å². The summed E-state index contributed by atoms with van der Waals surface area (Å²) in [5.74, 6) is -0.0226. The number of aromatic nitrogens is 3. The number of hydrogen-bond donors (Lipinski definition) is 1. The first-order valence-corrected chi connectivity index (χ1v) is 11.3. The van der Waals surface area contributed by atoms with E-state index in [0.717, 1.165) is 27.9 Å². The summed E-state index contributed by atoms with van der Waals surface area (Å²) in [7, 11) is 0. The number of fused-ring (bicyclic) bond motifs is 1. The monoisotopic (exact) mass is 444 g/mol. The van der Waals surface area contributed by atoms with Crippen LogP contribution in [0, 0.1) is 20.8 Å². The number of benzene rings is 2. The lowest BCUT2D eigenvalue weighted by molar-refractivity contribution is -0.113. The van der Waals surface area contributed by atoms with Gasteiger partial charge in [-0.05, 0) is 50.1 Å². The van der Waals surface area contributed by atoms with E-state index in [-0.39, 0.29) is 17.2 Å². The van der Waals surface area contributed by atoms with E-state index in [0.29, 0.717) is 22.7 Å². The molecule has 1 amide bonds. The molecule has 0 fully saturated rings. The Bertz CT molecular complexity index is 1350. The molecule has 2 aromatic heterocycles. The quantitative estimate of drug-likeness (QED) is 0.350. The average Bonchev–Trinajstić information content (AvgIpc) is 2.78. The molecular weight excluding hydrogens is 420 g/mol. The number of anilines is 1. The molecule has 4 rings (SSSR count). The summed E-state index contributed by atoms with van der Waals surface area (Å²) in [5.41, 5.74) is 5.29. The molecule has 2 heterocycles. The third-order valence-corrected chi connectivity index (χ3v) is 6.12. The maximum atomic E-state index is 13.2. The van der Waals surface area contributed by atoms with Crippen molar-refractivity contribution in [3.8, 4) is 0 Å². The third kappa shape index (κ3) is 4.89. The topological polar surface area (TPSA) is 76.9 Å². The van der Waals surface area contributed by atoms with E-state index < -0.39 is 0 Å². The highest BCUT2D eigenvalue weighted by Crippen LogP contribution is 2.20. The minimum absolute atomic E-state index is 0.131. The Morgan fingerprint density at radius 1 is 1.03 bits per heavy atom. The van der Waals surface area contributed by atoms with Crippen molar-refractivity contribution in [1.82, 2.24) is 14.5 Å². The summed E-state index contributed by atoms with van der Waals surface area (Å²) in [6, 6.07) is 17.4. The van der Waals surface area contributed by atoms with E-state index in [1.165, 1.54) is 11.8 Å². The van der Waals surface area contributed by atoms with Crippen LogP contribution in [0.1, 0.15) is 22.3 Å². The van der Waals surface area contributed by atoms with Crippen molar-refractivity contribution >= 4 is 34.4 Å². The fourth-order valence-corrected chi connectivity index (χ4v) is 4.22. The Morgan fingerprint density at radius 3 is 2.53 bits per heavy atom. The first-order chi connectivity index (χ1) is 15.4. The highest BCUT2D eigenvalue weighted by Gasteiger charge is 2.15. The van der Waals surface area contributed by atoms with Crippen molar-refractivity contribution in [2.24, 2.45) is 0 Å². The minimum atomic E-state index is -0.166. The molecule has 0 spiro atoms. The van der Waals surface area contributed by atoms with E-state index in [1.807, 2.05) is 63.2 Å². The Hall–Kier alpha value is -3.45. The molecule has 4 aromatic rings. The smallest absolute Gasteiger partial charge is 0.263 e. The second-order valence-electron chi connectivity index (χ2n) is 7.80. The molecule has 32 heavy (non-hydrogen) atoms. The fourth-order valence-electron chi connectivity index (χ4n) is 3.43. The molecule has 0 aliphatic rings. The number of nitrogens with zero attached hydrogens (tertiary/aromatic N) is 3. The first kappa shape index (κ1) is 21.8. The maximum Gasteiger partial charge on any atom is 0.263 e. The number of amides is 1. The lowest BCUT2D eigenvalue weighted by atomic mass is 10.1. The standard InChI is InChI=1S/C25H24N4O2S/c1-16-6-9-19(10-7-16)14-29-24(31)20-5-4-12-26-23(20)28-25(29)32-15-22(30)27-21-11-8-17(2)13-18(21)3/h4-13H,14-15H2,1-3H3,(H,27,30). The highest BCUT2D eigenvalue weighted by atomic mass is 32.2. The molecular formula is C25H24N4O2S. The lowest BCUT2D eigenvalue weighted by Crippen LogP contribution is -2.25. The number of aryl methyl sites for hydroxylation is 3. The minimum Gasteiger partial charge on any atom is -0.325 e. The van der Waals surface area contributed by atoms with Crippen LogP contribution in [0.2, 0.25) is 0 Å². The molecule has 0 radical (unpaired) electrons. The zero-order valence-corrected chi connectivity index (χ0v) is 19.1. The van der Waals surface area contributed by atoms with Crippen LogP contribution >= 0.6 is 11.8 Å². The van der Waals surface area contributed by atoms with Gasteiger partial charge in [0, 0.05) is 11.9 Å². The molecule has 7 heteroatoms. The van der Waals surface area contributed by atoms with Crippen molar-refractivity contribution < 1.29 is 4.79 Å². The SMILES string of the molecule is Cc1ccc(Cn2c(SCC(=O)Nc3ccc(C)cc3C)nc3ncccc3c2=O)cc1. The van der Waals surface area contributed by atoms with Gasteiger partial charge in [-0.25, -0.2) is 9.97 Å². The number of nitrogens with one attached hydrogen (secondary N) is 1. The van der Waals surface area contributed by atoms with Gasteiger partial charge >= 0.3 is 0 Å². The van der Waals surface area contributed by atoms with Gasteiger partial charge in [-0.1, -0.05) is 59.3 Å². The largest absolute Gasteiger partial charge is 0.325 e. The van der Waals surface area contributed by atoms with E-state index in [9.17, 15) is 9.59 Å². The number of rotatable bonds is 6.